The number of aromatic nitrogens is 4. The van der Waals surface area contributed by atoms with Crippen LogP contribution in [0.2, 0.25) is 5.02 Å². The first-order chi connectivity index (χ1) is 15.0. The standard InChI is InChI=1S/C22H22ClFN6O/c1-11-4-5-14-13(8-28-29-14)15(11)16-18(23)21(31-3)17-20(19(16)24)26-10-27-22(17)30-7-6-25-12(2)9-30/h4-5,8,10,12,25H,6-7,9H2,1-3H3,(H,28,29)/t12-/m1/s1. The maximum atomic E-state index is 16.1. The van der Waals surface area contributed by atoms with Gasteiger partial charge in [0, 0.05) is 42.2 Å². The molecule has 3 heterocycles. The second-order valence-corrected chi connectivity index (χ2v) is 8.22. The van der Waals surface area contributed by atoms with E-state index in [0.717, 1.165) is 36.1 Å². The maximum absolute atomic E-state index is 16.1. The van der Waals surface area contributed by atoms with Crippen LogP contribution in [-0.2, 0) is 0 Å². The lowest BCUT2D eigenvalue weighted by Crippen LogP contribution is -2.49. The number of halogens is 2. The van der Waals surface area contributed by atoms with Gasteiger partial charge in [-0.15, -0.1) is 0 Å². The van der Waals surface area contributed by atoms with E-state index in [2.05, 4.69) is 37.3 Å². The van der Waals surface area contributed by atoms with Gasteiger partial charge in [-0.05, 0) is 25.5 Å². The number of ether oxygens (including phenoxy) is 1. The maximum Gasteiger partial charge on any atom is 0.159 e. The molecule has 1 saturated heterocycles. The van der Waals surface area contributed by atoms with E-state index in [-0.39, 0.29) is 22.1 Å². The molecule has 9 heteroatoms. The van der Waals surface area contributed by atoms with E-state index in [0.29, 0.717) is 22.5 Å². The molecule has 0 saturated carbocycles. The first-order valence-corrected chi connectivity index (χ1v) is 10.5. The smallest absolute Gasteiger partial charge is 0.159 e. The van der Waals surface area contributed by atoms with Gasteiger partial charge in [0.2, 0.25) is 0 Å². The minimum atomic E-state index is -0.496. The van der Waals surface area contributed by atoms with Crippen LogP contribution >= 0.6 is 11.6 Å². The Kier molecular flexibility index (Phi) is 4.91. The Balaban J connectivity index is 1.84. The molecule has 0 amide bonds. The fourth-order valence-electron chi connectivity index (χ4n) is 4.42. The predicted octanol–water partition coefficient (Wildman–Crippen LogP) is 4.08. The quantitative estimate of drug-likeness (QED) is 0.499. The molecular weight excluding hydrogens is 419 g/mol. The lowest BCUT2D eigenvalue weighted by atomic mass is 9.94. The van der Waals surface area contributed by atoms with E-state index >= 15 is 4.39 Å². The average Bonchev–Trinajstić information content (AvgIpc) is 3.24. The van der Waals surface area contributed by atoms with Gasteiger partial charge >= 0.3 is 0 Å². The van der Waals surface area contributed by atoms with Crippen molar-refractivity contribution >= 4 is 39.2 Å². The Labute approximate surface area is 183 Å². The molecule has 0 aliphatic carbocycles. The number of hydrogen-bond donors (Lipinski definition) is 2. The Morgan fingerprint density at radius 3 is 2.87 bits per heavy atom. The van der Waals surface area contributed by atoms with Crippen LogP contribution in [0.5, 0.6) is 5.75 Å². The summed E-state index contributed by atoms with van der Waals surface area (Å²) in [5, 5.41) is 11.9. The number of hydrogen-bond acceptors (Lipinski definition) is 6. The van der Waals surface area contributed by atoms with E-state index < -0.39 is 5.82 Å². The number of rotatable bonds is 3. The summed E-state index contributed by atoms with van der Waals surface area (Å²) >= 11 is 6.82. The minimum absolute atomic E-state index is 0.187. The summed E-state index contributed by atoms with van der Waals surface area (Å²) < 4.78 is 21.8. The molecule has 1 atom stereocenters. The van der Waals surface area contributed by atoms with Crippen LogP contribution in [0.25, 0.3) is 32.9 Å². The van der Waals surface area contributed by atoms with Gasteiger partial charge in [0.15, 0.2) is 11.6 Å². The van der Waals surface area contributed by atoms with Gasteiger partial charge in [-0.3, -0.25) is 5.10 Å². The minimum Gasteiger partial charge on any atom is -0.494 e. The predicted molar refractivity (Wildman–Crippen MR) is 121 cm³/mol. The van der Waals surface area contributed by atoms with Crippen LogP contribution in [0.3, 0.4) is 0 Å². The molecule has 2 aromatic heterocycles. The van der Waals surface area contributed by atoms with Crippen LogP contribution in [0.1, 0.15) is 12.5 Å². The molecular formula is C22H22ClFN6O. The van der Waals surface area contributed by atoms with Crippen molar-refractivity contribution in [3.05, 3.63) is 41.1 Å². The number of piperazine rings is 1. The zero-order valence-electron chi connectivity index (χ0n) is 17.5. The van der Waals surface area contributed by atoms with Crippen molar-refractivity contribution < 1.29 is 9.13 Å². The average molecular weight is 441 g/mol. The van der Waals surface area contributed by atoms with Crippen molar-refractivity contribution in [1.29, 1.82) is 0 Å². The highest BCUT2D eigenvalue weighted by atomic mass is 35.5. The number of aromatic amines is 1. The monoisotopic (exact) mass is 440 g/mol. The molecule has 7 nitrogen and oxygen atoms in total. The van der Waals surface area contributed by atoms with E-state index in [9.17, 15) is 0 Å². The van der Waals surface area contributed by atoms with Gasteiger partial charge < -0.3 is 15.0 Å². The van der Waals surface area contributed by atoms with Gasteiger partial charge in [0.25, 0.3) is 0 Å². The lowest BCUT2D eigenvalue weighted by Gasteiger charge is -2.33. The highest BCUT2D eigenvalue weighted by Crippen LogP contribution is 2.47. The lowest BCUT2D eigenvalue weighted by molar-refractivity contribution is 0.419. The van der Waals surface area contributed by atoms with Crippen molar-refractivity contribution in [1.82, 2.24) is 25.5 Å². The number of nitrogens with one attached hydrogen (secondary N) is 2. The summed E-state index contributed by atoms with van der Waals surface area (Å²) in [6.07, 6.45) is 3.08. The van der Waals surface area contributed by atoms with Crippen LogP contribution < -0.4 is 15.0 Å². The van der Waals surface area contributed by atoms with Crippen LogP contribution in [0.15, 0.2) is 24.7 Å². The zero-order chi connectivity index (χ0) is 21.7. The number of methoxy groups -OCH3 is 1. The third-order valence-corrected chi connectivity index (χ3v) is 6.22. The van der Waals surface area contributed by atoms with Gasteiger partial charge in [0.05, 0.1) is 29.2 Å². The van der Waals surface area contributed by atoms with Crippen molar-refractivity contribution in [3.63, 3.8) is 0 Å². The van der Waals surface area contributed by atoms with Gasteiger partial charge in [0.1, 0.15) is 17.7 Å². The normalized spacial score (nSPS) is 16.9. The van der Waals surface area contributed by atoms with Gasteiger partial charge in [-0.1, -0.05) is 17.7 Å². The van der Waals surface area contributed by atoms with Crippen LogP contribution in [-0.4, -0.2) is 53.0 Å². The summed E-state index contributed by atoms with van der Waals surface area (Å²) in [6, 6.07) is 4.11. The molecule has 1 aliphatic heterocycles. The first kappa shape index (κ1) is 20.0. The molecule has 1 fully saturated rings. The zero-order valence-corrected chi connectivity index (χ0v) is 18.2. The fourth-order valence-corrected chi connectivity index (χ4v) is 4.77. The summed E-state index contributed by atoms with van der Waals surface area (Å²) in [7, 11) is 1.53. The topological polar surface area (TPSA) is 79.0 Å². The second-order valence-electron chi connectivity index (χ2n) is 7.85. The Bertz CT molecular complexity index is 1310. The first-order valence-electron chi connectivity index (χ1n) is 10.1. The molecule has 4 aromatic rings. The molecule has 160 valence electrons. The molecule has 2 aromatic carbocycles. The molecule has 2 N–H and O–H groups in total. The number of anilines is 1. The summed E-state index contributed by atoms with van der Waals surface area (Å²) in [6.45, 7) is 6.32. The van der Waals surface area contributed by atoms with Gasteiger partial charge in [-0.2, -0.15) is 5.10 Å². The largest absolute Gasteiger partial charge is 0.494 e. The number of benzene rings is 2. The Hall–Kier alpha value is -2.97. The van der Waals surface area contributed by atoms with Crippen LogP contribution in [0, 0.1) is 12.7 Å². The molecule has 0 spiro atoms. The molecule has 31 heavy (non-hydrogen) atoms. The third kappa shape index (κ3) is 3.09. The number of aryl methyl sites for hydroxylation is 1. The number of nitrogens with zero attached hydrogens (tertiary/aromatic N) is 4. The summed E-state index contributed by atoms with van der Waals surface area (Å²) in [5.74, 6) is 0.500. The van der Waals surface area contributed by atoms with Crippen molar-refractivity contribution in [2.75, 3.05) is 31.6 Å². The Morgan fingerprint density at radius 2 is 2.10 bits per heavy atom. The highest BCUT2D eigenvalue weighted by molar-refractivity contribution is 6.37. The number of fused-ring (bicyclic) bond motifs is 2. The number of H-pyrrole nitrogens is 1. The second kappa shape index (κ2) is 7.62. The molecule has 0 bridgehead atoms. The molecule has 5 rings (SSSR count). The summed E-state index contributed by atoms with van der Waals surface area (Å²) in [5.41, 5.74) is 2.79. The fraction of sp³-hybridized carbons (Fsp3) is 0.318. The third-order valence-electron chi connectivity index (χ3n) is 5.86. The van der Waals surface area contributed by atoms with Crippen LogP contribution in [0.4, 0.5) is 10.2 Å². The van der Waals surface area contributed by atoms with Crippen molar-refractivity contribution in [3.8, 4) is 16.9 Å². The molecule has 0 unspecified atom stereocenters. The van der Waals surface area contributed by atoms with Crippen molar-refractivity contribution in [2.45, 2.75) is 19.9 Å². The summed E-state index contributed by atoms with van der Waals surface area (Å²) in [4.78, 5) is 10.9. The van der Waals surface area contributed by atoms with E-state index in [1.54, 1.807) is 6.20 Å². The molecule has 0 radical (unpaired) electrons. The highest BCUT2D eigenvalue weighted by Gasteiger charge is 2.28. The van der Waals surface area contributed by atoms with E-state index in [1.165, 1.54) is 13.4 Å². The van der Waals surface area contributed by atoms with Gasteiger partial charge in [-0.25, -0.2) is 14.4 Å². The Morgan fingerprint density at radius 1 is 1.26 bits per heavy atom. The van der Waals surface area contributed by atoms with Crippen molar-refractivity contribution in [2.24, 2.45) is 0 Å². The van der Waals surface area contributed by atoms with E-state index in [4.69, 9.17) is 16.3 Å². The van der Waals surface area contributed by atoms with E-state index in [1.807, 2.05) is 19.1 Å². The SMILES string of the molecule is COc1c(Cl)c(-c2c(C)ccc3[nH]ncc23)c(F)c2ncnc(N3CCN[C@H](C)C3)c12. The molecule has 1 aliphatic rings.